The molecule has 5 nitrogen and oxygen atoms in total. The molecule has 2 saturated heterocycles. The predicted octanol–water partition coefficient (Wildman–Crippen LogP) is 1.84. The van der Waals surface area contributed by atoms with Crippen molar-refractivity contribution in [3.63, 3.8) is 0 Å². The number of hydrogen-bond donors (Lipinski definition) is 3. The van der Waals surface area contributed by atoms with Gasteiger partial charge in [-0.25, -0.2) is 0 Å². The lowest BCUT2D eigenvalue weighted by molar-refractivity contribution is 0.0462. The van der Waals surface area contributed by atoms with E-state index in [2.05, 4.69) is 17.3 Å². The molecule has 2 aliphatic heterocycles. The van der Waals surface area contributed by atoms with E-state index in [0.29, 0.717) is 12.1 Å². The highest BCUT2D eigenvalue weighted by Crippen LogP contribution is 2.33. The molecule has 1 aromatic rings. The van der Waals surface area contributed by atoms with Gasteiger partial charge in [0, 0.05) is 18.1 Å². The van der Waals surface area contributed by atoms with Crippen molar-refractivity contribution in [3.8, 4) is 11.5 Å². The van der Waals surface area contributed by atoms with E-state index in [4.69, 9.17) is 0 Å². The molecule has 3 N–H and O–H groups in total. The Morgan fingerprint density at radius 2 is 1.90 bits per heavy atom. The lowest BCUT2D eigenvalue weighted by atomic mass is 9.82. The Labute approximate surface area is 124 Å². The molecular formula is C16H22N2O3. The summed E-state index contributed by atoms with van der Waals surface area (Å²) in [6.45, 7) is 0. The van der Waals surface area contributed by atoms with Crippen LogP contribution in [0.5, 0.6) is 11.5 Å². The number of nitrogens with one attached hydrogen (secondary N) is 1. The summed E-state index contributed by atoms with van der Waals surface area (Å²) >= 11 is 0. The molecule has 2 unspecified atom stereocenters. The predicted molar refractivity (Wildman–Crippen MR) is 79.4 cm³/mol. The second-order valence-corrected chi connectivity index (χ2v) is 6.22. The van der Waals surface area contributed by atoms with Gasteiger partial charge in [0.1, 0.15) is 0 Å². The normalized spacial score (nSPS) is 29.1. The molecule has 21 heavy (non-hydrogen) atoms. The Morgan fingerprint density at radius 3 is 2.57 bits per heavy atom. The lowest BCUT2D eigenvalue weighted by Gasteiger charge is -2.47. The molecule has 5 heteroatoms. The number of rotatable bonds is 2. The molecule has 114 valence electrons. The van der Waals surface area contributed by atoms with Crippen molar-refractivity contribution in [2.45, 2.75) is 50.2 Å². The highest BCUT2D eigenvalue weighted by molar-refractivity contribution is 5.97. The number of hydrogen-bond acceptors (Lipinski definition) is 4. The van der Waals surface area contributed by atoms with Crippen LogP contribution >= 0.6 is 0 Å². The number of aromatic hydroxyl groups is 2. The summed E-state index contributed by atoms with van der Waals surface area (Å²) in [6.07, 6.45) is 5.57. The van der Waals surface area contributed by atoms with E-state index in [1.807, 2.05) is 0 Å². The number of amides is 1. The first kappa shape index (κ1) is 14.2. The van der Waals surface area contributed by atoms with Crippen molar-refractivity contribution < 1.29 is 15.0 Å². The fraction of sp³-hybridized carbons (Fsp3) is 0.562. The van der Waals surface area contributed by atoms with Gasteiger partial charge in [-0.3, -0.25) is 4.79 Å². The van der Waals surface area contributed by atoms with Crippen molar-refractivity contribution in [3.05, 3.63) is 23.8 Å². The molecule has 2 atom stereocenters. The molecule has 0 aliphatic carbocycles. The van der Waals surface area contributed by atoms with Crippen LogP contribution in [0.1, 0.15) is 42.5 Å². The van der Waals surface area contributed by atoms with Gasteiger partial charge in [0.15, 0.2) is 11.5 Å². The zero-order valence-corrected chi connectivity index (χ0v) is 12.2. The molecule has 1 amide bonds. The smallest absolute Gasteiger partial charge is 0.255 e. The SMILES string of the molecule is CN1C2CCCC1CC(NC(=O)c1cccc(O)c1O)C2. The van der Waals surface area contributed by atoms with Gasteiger partial charge in [-0.1, -0.05) is 12.5 Å². The van der Waals surface area contributed by atoms with Gasteiger partial charge < -0.3 is 20.4 Å². The summed E-state index contributed by atoms with van der Waals surface area (Å²) in [6, 6.07) is 5.69. The molecule has 0 spiro atoms. The number of carbonyl (C=O) groups is 1. The molecule has 0 saturated carbocycles. The van der Waals surface area contributed by atoms with Gasteiger partial charge >= 0.3 is 0 Å². The zero-order chi connectivity index (χ0) is 15.0. The standard InChI is InChI=1S/C16H22N2O3/c1-18-11-4-2-5-12(18)9-10(8-11)17-16(21)13-6-3-7-14(19)15(13)20/h3,6-7,10-12,19-20H,2,4-5,8-9H2,1H3,(H,17,21). The number of nitrogens with zero attached hydrogens (tertiary/aromatic N) is 1. The number of piperidine rings is 2. The van der Waals surface area contributed by atoms with Crippen LogP contribution in [0.25, 0.3) is 0 Å². The Bertz CT molecular complexity index is 532. The van der Waals surface area contributed by atoms with Crippen LogP contribution < -0.4 is 5.32 Å². The van der Waals surface area contributed by atoms with Crippen LogP contribution in [0, 0.1) is 0 Å². The van der Waals surface area contributed by atoms with E-state index in [0.717, 1.165) is 12.8 Å². The molecule has 2 heterocycles. The number of carbonyl (C=O) groups excluding carboxylic acids is 1. The van der Waals surface area contributed by atoms with Crippen LogP contribution in [-0.2, 0) is 0 Å². The number of phenols is 2. The Kier molecular flexibility index (Phi) is 3.76. The van der Waals surface area contributed by atoms with Crippen LogP contribution in [0.3, 0.4) is 0 Å². The second kappa shape index (κ2) is 5.56. The van der Waals surface area contributed by atoms with Crippen molar-refractivity contribution >= 4 is 5.91 Å². The third kappa shape index (κ3) is 2.70. The maximum Gasteiger partial charge on any atom is 0.255 e. The van der Waals surface area contributed by atoms with Crippen molar-refractivity contribution in [1.82, 2.24) is 10.2 Å². The Balaban J connectivity index is 1.69. The summed E-state index contributed by atoms with van der Waals surface area (Å²) in [5, 5.41) is 22.3. The van der Waals surface area contributed by atoms with Crippen molar-refractivity contribution in [2.24, 2.45) is 0 Å². The van der Waals surface area contributed by atoms with Crippen LogP contribution in [0.2, 0.25) is 0 Å². The van der Waals surface area contributed by atoms with Gasteiger partial charge in [-0.05, 0) is 44.9 Å². The quantitative estimate of drug-likeness (QED) is 0.727. The lowest BCUT2D eigenvalue weighted by Crippen LogP contribution is -2.55. The van der Waals surface area contributed by atoms with Gasteiger partial charge in [0.2, 0.25) is 0 Å². The molecule has 3 rings (SSSR count). The highest BCUT2D eigenvalue weighted by atomic mass is 16.3. The number of para-hydroxylation sites is 1. The Morgan fingerprint density at radius 1 is 1.24 bits per heavy atom. The summed E-state index contributed by atoms with van der Waals surface area (Å²) in [7, 11) is 2.17. The fourth-order valence-corrected chi connectivity index (χ4v) is 3.71. The first-order valence-electron chi connectivity index (χ1n) is 7.60. The van der Waals surface area contributed by atoms with E-state index in [1.54, 1.807) is 6.07 Å². The fourth-order valence-electron chi connectivity index (χ4n) is 3.71. The maximum absolute atomic E-state index is 12.3. The summed E-state index contributed by atoms with van der Waals surface area (Å²) in [4.78, 5) is 14.7. The van der Waals surface area contributed by atoms with Crippen molar-refractivity contribution in [1.29, 1.82) is 0 Å². The topological polar surface area (TPSA) is 72.8 Å². The van der Waals surface area contributed by atoms with Gasteiger partial charge in [-0.15, -0.1) is 0 Å². The van der Waals surface area contributed by atoms with Gasteiger partial charge in [0.05, 0.1) is 5.56 Å². The van der Waals surface area contributed by atoms with Crippen LogP contribution in [0.15, 0.2) is 18.2 Å². The monoisotopic (exact) mass is 290 g/mol. The number of phenolic OH excluding ortho intramolecular Hbond substituents is 2. The Hall–Kier alpha value is -1.75. The van der Waals surface area contributed by atoms with E-state index in [1.165, 1.54) is 31.4 Å². The third-order valence-electron chi connectivity index (χ3n) is 4.93. The average molecular weight is 290 g/mol. The van der Waals surface area contributed by atoms with Crippen LogP contribution in [0.4, 0.5) is 0 Å². The largest absolute Gasteiger partial charge is 0.504 e. The number of benzene rings is 1. The molecule has 1 aromatic carbocycles. The molecular weight excluding hydrogens is 268 g/mol. The van der Waals surface area contributed by atoms with E-state index < -0.39 is 0 Å². The molecule has 0 radical (unpaired) electrons. The molecule has 2 bridgehead atoms. The first-order chi connectivity index (χ1) is 10.1. The van der Waals surface area contributed by atoms with Crippen molar-refractivity contribution in [2.75, 3.05) is 7.05 Å². The minimum Gasteiger partial charge on any atom is -0.504 e. The molecule has 2 aliphatic rings. The number of fused-ring (bicyclic) bond motifs is 2. The van der Waals surface area contributed by atoms with E-state index in [-0.39, 0.29) is 29.0 Å². The third-order valence-corrected chi connectivity index (χ3v) is 4.93. The maximum atomic E-state index is 12.3. The summed E-state index contributed by atoms with van der Waals surface area (Å²) in [5.41, 5.74) is 0.138. The van der Waals surface area contributed by atoms with Crippen LogP contribution in [-0.4, -0.2) is 46.2 Å². The zero-order valence-electron chi connectivity index (χ0n) is 12.2. The average Bonchev–Trinajstić information content (AvgIpc) is 2.43. The second-order valence-electron chi connectivity index (χ2n) is 6.22. The molecule has 0 aromatic heterocycles. The van der Waals surface area contributed by atoms with Gasteiger partial charge in [-0.2, -0.15) is 0 Å². The molecule has 2 fully saturated rings. The van der Waals surface area contributed by atoms with E-state index in [9.17, 15) is 15.0 Å². The highest BCUT2D eigenvalue weighted by Gasteiger charge is 2.36. The minimum absolute atomic E-state index is 0.138. The first-order valence-corrected chi connectivity index (χ1v) is 7.60. The van der Waals surface area contributed by atoms with E-state index >= 15 is 0 Å². The minimum atomic E-state index is -0.344. The van der Waals surface area contributed by atoms with Gasteiger partial charge in [0.25, 0.3) is 5.91 Å². The summed E-state index contributed by atoms with van der Waals surface area (Å²) in [5.74, 6) is -0.915. The summed E-state index contributed by atoms with van der Waals surface area (Å²) < 4.78 is 0.